The van der Waals surface area contributed by atoms with Crippen molar-refractivity contribution in [1.82, 2.24) is 10.0 Å². The Kier molecular flexibility index (Phi) is 4.64. The molecule has 2 N–H and O–H groups in total. The molecule has 0 radical (unpaired) electrons. The Labute approximate surface area is 139 Å². The second-order valence-electron chi connectivity index (χ2n) is 5.73. The first-order valence-corrected chi connectivity index (χ1v) is 9.07. The van der Waals surface area contributed by atoms with E-state index in [1.807, 2.05) is 0 Å². The predicted molar refractivity (Wildman–Crippen MR) is 87.4 cm³/mol. The molecule has 3 rings (SSSR count). The molecule has 0 spiro atoms. The fraction of sp³-hybridized carbons (Fsp3) is 0.235. The maximum absolute atomic E-state index is 13.1. The molecule has 1 saturated carbocycles. The van der Waals surface area contributed by atoms with Crippen LogP contribution >= 0.6 is 0 Å². The van der Waals surface area contributed by atoms with Crippen molar-refractivity contribution in [1.29, 1.82) is 0 Å². The van der Waals surface area contributed by atoms with E-state index in [4.69, 9.17) is 0 Å². The highest BCUT2D eigenvalue weighted by atomic mass is 32.2. The molecule has 0 aromatic heterocycles. The van der Waals surface area contributed by atoms with Crippen LogP contribution in [0.25, 0.3) is 0 Å². The minimum Gasteiger partial charge on any atom is -0.348 e. The molecular formula is C17H17FN2O3S. The molecule has 2 aromatic carbocycles. The van der Waals surface area contributed by atoms with Crippen LogP contribution in [0.2, 0.25) is 0 Å². The Hall–Kier alpha value is -2.25. The monoisotopic (exact) mass is 348 g/mol. The smallest absolute Gasteiger partial charge is 0.251 e. The summed E-state index contributed by atoms with van der Waals surface area (Å²) in [4.78, 5) is 12.2. The van der Waals surface area contributed by atoms with E-state index in [0.29, 0.717) is 11.1 Å². The standard InChI is InChI=1S/C17H17FN2O3S/c18-14-3-1-2-12(10-14)11-19-17(21)13-4-8-16(9-5-13)24(22,23)20-15-6-7-15/h1-5,8-10,15,20H,6-7,11H2,(H,19,21). The van der Waals surface area contributed by atoms with Gasteiger partial charge in [0.1, 0.15) is 5.82 Å². The zero-order chi connectivity index (χ0) is 17.2. The van der Waals surface area contributed by atoms with Gasteiger partial charge in [-0.05, 0) is 54.8 Å². The third-order valence-electron chi connectivity index (χ3n) is 3.67. The van der Waals surface area contributed by atoms with Crippen LogP contribution in [0, 0.1) is 5.82 Å². The normalized spacial score (nSPS) is 14.4. The van der Waals surface area contributed by atoms with Gasteiger partial charge in [0.05, 0.1) is 4.90 Å². The topological polar surface area (TPSA) is 75.3 Å². The summed E-state index contributed by atoms with van der Waals surface area (Å²) < 4.78 is 39.8. The first-order chi connectivity index (χ1) is 11.4. The highest BCUT2D eigenvalue weighted by Crippen LogP contribution is 2.22. The van der Waals surface area contributed by atoms with Crippen molar-refractivity contribution in [3.05, 3.63) is 65.5 Å². The highest BCUT2D eigenvalue weighted by Gasteiger charge is 2.27. The van der Waals surface area contributed by atoms with Crippen LogP contribution in [-0.2, 0) is 16.6 Å². The predicted octanol–water partition coefficient (Wildman–Crippen LogP) is 2.20. The van der Waals surface area contributed by atoms with Crippen LogP contribution in [0.5, 0.6) is 0 Å². The van der Waals surface area contributed by atoms with Crippen LogP contribution in [0.4, 0.5) is 4.39 Å². The van der Waals surface area contributed by atoms with E-state index < -0.39 is 10.0 Å². The first-order valence-electron chi connectivity index (χ1n) is 7.59. The van der Waals surface area contributed by atoms with Gasteiger partial charge in [0.25, 0.3) is 5.91 Å². The number of carbonyl (C=O) groups excluding carboxylic acids is 1. The van der Waals surface area contributed by atoms with E-state index in [2.05, 4.69) is 10.0 Å². The molecule has 1 fully saturated rings. The van der Waals surface area contributed by atoms with Crippen LogP contribution in [0.15, 0.2) is 53.4 Å². The molecule has 5 nitrogen and oxygen atoms in total. The minimum atomic E-state index is -3.52. The van der Waals surface area contributed by atoms with Crippen molar-refractivity contribution in [3.8, 4) is 0 Å². The lowest BCUT2D eigenvalue weighted by molar-refractivity contribution is 0.0950. The molecule has 0 unspecified atom stereocenters. The fourth-order valence-electron chi connectivity index (χ4n) is 2.21. The Bertz CT molecular complexity index is 846. The number of nitrogens with one attached hydrogen (secondary N) is 2. The molecular weight excluding hydrogens is 331 g/mol. The van der Waals surface area contributed by atoms with Gasteiger partial charge < -0.3 is 5.32 Å². The van der Waals surface area contributed by atoms with E-state index in [0.717, 1.165) is 12.8 Å². The Morgan fingerprint density at radius 3 is 2.46 bits per heavy atom. The number of rotatable bonds is 6. The summed E-state index contributed by atoms with van der Waals surface area (Å²) in [6, 6.07) is 11.7. The summed E-state index contributed by atoms with van der Waals surface area (Å²) in [7, 11) is -3.52. The Morgan fingerprint density at radius 1 is 1.12 bits per heavy atom. The number of amides is 1. The maximum atomic E-state index is 13.1. The second-order valence-corrected chi connectivity index (χ2v) is 7.45. The van der Waals surface area contributed by atoms with Crippen molar-refractivity contribution in [2.75, 3.05) is 0 Å². The Morgan fingerprint density at radius 2 is 1.83 bits per heavy atom. The van der Waals surface area contributed by atoms with Crippen molar-refractivity contribution < 1.29 is 17.6 Å². The van der Waals surface area contributed by atoms with Gasteiger partial charge in [0.15, 0.2) is 0 Å². The van der Waals surface area contributed by atoms with Gasteiger partial charge >= 0.3 is 0 Å². The van der Waals surface area contributed by atoms with Crippen molar-refractivity contribution in [2.45, 2.75) is 30.3 Å². The highest BCUT2D eigenvalue weighted by molar-refractivity contribution is 7.89. The quantitative estimate of drug-likeness (QED) is 0.840. The number of sulfonamides is 1. The van der Waals surface area contributed by atoms with Crippen molar-refractivity contribution in [2.24, 2.45) is 0 Å². The number of hydrogen-bond donors (Lipinski definition) is 2. The van der Waals surface area contributed by atoms with Gasteiger partial charge in [-0.1, -0.05) is 12.1 Å². The van der Waals surface area contributed by atoms with Crippen LogP contribution in [0.3, 0.4) is 0 Å². The number of hydrogen-bond acceptors (Lipinski definition) is 3. The van der Waals surface area contributed by atoms with E-state index in [-0.39, 0.29) is 29.2 Å². The Balaban J connectivity index is 1.63. The summed E-state index contributed by atoms with van der Waals surface area (Å²) in [5, 5.41) is 2.67. The largest absolute Gasteiger partial charge is 0.348 e. The zero-order valence-electron chi connectivity index (χ0n) is 12.8. The van der Waals surface area contributed by atoms with Gasteiger partial charge in [-0.3, -0.25) is 4.79 Å². The third kappa shape index (κ3) is 4.18. The molecule has 1 aliphatic carbocycles. The van der Waals surface area contributed by atoms with E-state index in [1.165, 1.54) is 36.4 Å². The maximum Gasteiger partial charge on any atom is 0.251 e. The molecule has 24 heavy (non-hydrogen) atoms. The van der Waals surface area contributed by atoms with Crippen LogP contribution < -0.4 is 10.0 Å². The van der Waals surface area contributed by atoms with Gasteiger partial charge in [-0.25, -0.2) is 17.5 Å². The number of benzene rings is 2. The van der Waals surface area contributed by atoms with Crippen molar-refractivity contribution >= 4 is 15.9 Å². The molecule has 7 heteroatoms. The molecule has 126 valence electrons. The van der Waals surface area contributed by atoms with Gasteiger partial charge in [0.2, 0.25) is 10.0 Å². The molecule has 1 amide bonds. The van der Waals surface area contributed by atoms with Crippen LogP contribution in [-0.4, -0.2) is 20.4 Å². The van der Waals surface area contributed by atoms with Crippen LogP contribution in [0.1, 0.15) is 28.8 Å². The summed E-state index contributed by atoms with van der Waals surface area (Å²) in [5.41, 5.74) is 0.993. The number of carbonyl (C=O) groups is 1. The van der Waals surface area contributed by atoms with Gasteiger partial charge in [0, 0.05) is 18.2 Å². The molecule has 0 bridgehead atoms. The lowest BCUT2D eigenvalue weighted by Gasteiger charge is -2.08. The minimum absolute atomic E-state index is 0.0317. The molecule has 0 aliphatic heterocycles. The average Bonchev–Trinajstić information content (AvgIpc) is 3.36. The summed E-state index contributed by atoms with van der Waals surface area (Å²) in [5.74, 6) is -0.710. The molecule has 2 aromatic rings. The molecule has 1 aliphatic rings. The SMILES string of the molecule is O=C(NCc1cccc(F)c1)c1ccc(S(=O)(=O)NC2CC2)cc1. The van der Waals surface area contributed by atoms with E-state index >= 15 is 0 Å². The fourth-order valence-corrected chi connectivity index (χ4v) is 3.51. The second kappa shape index (κ2) is 6.70. The van der Waals surface area contributed by atoms with Gasteiger partial charge in [-0.15, -0.1) is 0 Å². The van der Waals surface area contributed by atoms with Gasteiger partial charge in [-0.2, -0.15) is 0 Å². The summed E-state index contributed by atoms with van der Waals surface area (Å²) >= 11 is 0. The number of halogens is 1. The lowest BCUT2D eigenvalue weighted by Crippen LogP contribution is -2.26. The summed E-state index contributed by atoms with van der Waals surface area (Å²) in [6.07, 6.45) is 1.72. The molecule has 0 atom stereocenters. The zero-order valence-corrected chi connectivity index (χ0v) is 13.6. The van der Waals surface area contributed by atoms with E-state index in [9.17, 15) is 17.6 Å². The average molecular weight is 348 g/mol. The summed E-state index contributed by atoms with van der Waals surface area (Å²) in [6.45, 7) is 0.194. The molecule has 0 heterocycles. The van der Waals surface area contributed by atoms with Crippen molar-refractivity contribution in [3.63, 3.8) is 0 Å². The lowest BCUT2D eigenvalue weighted by atomic mass is 10.2. The first kappa shape index (κ1) is 16.6. The molecule has 0 saturated heterocycles. The van der Waals surface area contributed by atoms with E-state index in [1.54, 1.807) is 12.1 Å². The third-order valence-corrected chi connectivity index (χ3v) is 5.20.